The first kappa shape index (κ1) is 21.8. The monoisotopic (exact) mass is 426 g/mol. The smallest absolute Gasteiger partial charge is 0.254 e. The largest absolute Gasteiger partial charge is 0.338 e. The van der Waals surface area contributed by atoms with Gasteiger partial charge in [0.05, 0.1) is 0 Å². The van der Waals surface area contributed by atoms with E-state index in [0.29, 0.717) is 13.1 Å². The predicted molar refractivity (Wildman–Crippen MR) is 129 cm³/mol. The molecule has 32 heavy (non-hydrogen) atoms. The van der Waals surface area contributed by atoms with E-state index in [-0.39, 0.29) is 17.9 Å². The number of piperidine rings is 1. The highest BCUT2D eigenvalue weighted by Gasteiger charge is 2.30. The number of hydrogen-bond donors (Lipinski definition) is 0. The predicted octanol–water partition coefficient (Wildman–Crippen LogP) is 5.51. The summed E-state index contributed by atoms with van der Waals surface area (Å²) in [6, 6.07) is 27.7. The number of benzene rings is 3. The molecule has 1 saturated heterocycles. The van der Waals surface area contributed by atoms with Crippen molar-refractivity contribution in [1.82, 2.24) is 9.80 Å². The molecule has 3 aromatic carbocycles. The fourth-order valence-electron chi connectivity index (χ4n) is 4.44. The average molecular weight is 427 g/mol. The van der Waals surface area contributed by atoms with Crippen molar-refractivity contribution in [1.29, 1.82) is 0 Å². The molecule has 3 aromatic rings. The van der Waals surface area contributed by atoms with Crippen LogP contribution >= 0.6 is 0 Å². The summed E-state index contributed by atoms with van der Waals surface area (Å²) in [4.78, 5) is 30.0. The molecule has 4 heteroatoms. The second-order valence-corrected chi connectivity index (χ2v) is 8.33. The van der Waals surface area contributed by atoms with Crippen molar-refractivity contribution in [2.24, 2.45) is 0 Å². The number of nitrogens with zero attached hydrogens (tertiary/aromatic N) is 2. The zero-order valence-electron chi connectivity index (χ0n) is 18.6. The number of amides is 2. The van der Waals surface area contributed by atoms with E-state index in [1.165, 1.54) is 0 Å². The molecule has 1 aliphatic heterocycles. The maximum absolute atomic E-state index is 13.4. The Hall–Kier alpha value is -3.40. The van der Waals surface area contributed by atoms with Crippen LogP contribution in [-0.2, 0) is 0 Å². The van der Waals surface area contributed by atoms with E-state index >= 15 is 0 Å². The Morgan fingerprint density at radius 1 is 0.781 bits per heavy atom. The normalized spacial score (nSPS) is 14.2. The van der Waals surface area contributed by atoms with Crippen LogP contribution in [0.4, 0.5) is 0 Å². The van der Waals surface area contributed by atoms with Crippen molar-refractivity contribution in [3.8, 4) is 11.1 Å². The second-order valence-electron chi connectivity index (χ2n) is 8.33. The minimum absolute atomic E-state index is 0.0777. The van der Waals surface area contributed by atoms with Crippen LogP contribution in [-0.4, -0.2) is 47.3 Å². The highest BCUT2D eigenvalue weighted by Crippen LogP contribution is 2.23. The molecule has 1 fully saturated rings. The molecular weight excluding hydrogens is 396 g/mol. The summed E-state index contributed by atoms with van der Waals surface area (Å²) in [5, 5.41) is 0. The molecule has 0 atom stereocenters. The SMILES string of the molecule is CCCN(C(=O)c1ccc(-c2ccccc2)cc1)C1CCN(C(=O)c2ccccc2)CC1. The number of carbonyl (C=O) groups is 2. The molecule has 0 unspecified atom stereocenters. The van der Waals surface area contributed by atoms with Crippen molar-refractivity contribution in [2.75, 3.05) is 19.6 Å². The van der Waals surface area contributed by atoms with Crippen LogP contribution in [0.5, 0.6) is 0 Å². The molecule has 0 spiro atoms. The molecule has 0 N–H and O–H groups in total. The molecule has 4 nitrogen and oxygen atoms in total. The van der Waals surface area contributed by atoms with Gasteiger partial charge in [0, 0.05) is 36.8 Å². The summed E-state index contributed by atoms with van der Waals surface area (Å²) < 4.78 is 0. The van der Waals surface area contributed by atoms with E-state index in [0.717, 1.165) is 48.1 Å². The molecule has 0 bridgehead atoms. The van der Waals surface area contributed by atoms with Gasteiger partial charge in [-0.15, -0.1) is 0 Å². The zero-order valence-corrected chi connectivity index (χ0v) is 18.6. The lowest BCUT2D eigenvalue weighted by molar-refractivity contribution is 0.0519. The molecule has 164 valence electrons. The van der Waals surface area contributed by atoms with Crippen molar-refractivity contribution in [3.05, 3.63) is 96.1 Å². The van der Waals surface area contributed by atoms with Crippen molar-refractivity contribution in [3.63, 3.8) is 0 Å². The molecule has 0 aromatic heterocycles. The summed E-state index contributed by atoms with van der Waals surface area (Å²) in [6.07, 6.45) is 2.54. The van der Waals surface area contributed by atoms with Crippen molar-refractivity contribution in [2.45, 2.75) is 32.2 Å². The molecule has 4 rings (SSSR count). The summed E-state index contributed by atoms with van der Waals surface area (Å²) in [7, 11) is 0. The third-order valence-corrected chi connectivity index (χ3v) is 6.18. The van der Waals surface area contributed by atoms with Gasteiger partial charge in [0.2, 0.25) is 0 Å². The van der Waals surface area contributed by atoms with Gasteiger partial charge in [-0.2, -0.15) is 0 Å². The molecular formula is C28H30N2O2. The van der Waals surface area contributed by atoms with Gasteiger partial charge in [-0.25, -0.2) is 0 Å². The van der Waals surface area contributed by atoms with E-state index in [1.54, 1.807) is 0 Å². The first-order chi connectivity index (χ1) is 15.7. The maximum Gasteiger partial charge on any atom is 0.254 e. The van der Waals surface area contributed by atoms with Crippen LogP contribution in [0, 0.1) is 0 Å². The van der Waals surface area contributed by atoms with E-state index in [4.69, 9.17) is 0 Å². The second kappa shape index (κ2) is 10.3. The first-order valence-electron chi connectivity index (χ1n) is 11.5. The lowest BCUT2D eigenvalue weighted by Crippen LogP contribution is -2.49. The highest BCUT2D eigenvalue weighted by atomic mass is 16.2. The van der Waals surface area contributed by atoms with E-state index in [9.17, 15) is 9.59 Å². The van der Waals surface area contributed by atoms with Crippen molar-refractivity contribution >= 4 is 11.8 Å². The van der Waals surface area contributed by atoms with Gasteiger partial charge in [-0.1, -0.05) is 67.6 Å². The number of rotatable bonds is 6. The topological polar surface area (TPSA) is 40.6 Å². The Kier molecular flexibility index (Phi) is 7.00. The van der Waals surface area contributed by atoms with E-state index < -0.39 is 0 Å². The zero-order chi connectivity index (χ0) is 22.3. The van der Waals surface area contributed by atoms with Crippen LogP contribution in [0.2, 0.25) is 0 Å². The van der Waals surface area contributed by atoms with Crippen LogP contribution < -0.4 is 0 Å². The van der Waals surface area contributed by atoms with Crippen LogP contribution in [0.3, 0.4) is 0 Å². The Morgan fingerprint density at radius 3 is 1.94 bits per heavy atom. The fraction of sp³-hybridized carbons (Fsp3) is 0.286. The standard InChI is InChI=1S/C28H30N2O2/c1-2-19-30(26-17-20-29(21-18-26)27(31)24-11-7-4-8-12-24)28(32)25-15-13-23(14-16-25)22-9-5-3-6-10-22/h3-16,26H,2,17-21H2,1H3. The fourth-order valence-corrected chi connectivity index (χ4v) is 4.44. The molecule has 1 aliphatic rings. The summed E-state index contributed by atoms with van der Waals surface area (Å²) in [5.74, 6) is 0.160. The molecule has 0 saturated carbocycles. The lowest BCUT2D eigenvalue weighted by atomic mass is 9.99. The van der Waals surface area contributed by atoms with Gasteiger partial charge in [-0.05, 0) is 54.7 Å². The molecule has 0 radical (unpaired) electrons. The van der Waals surface area contributed by atoms with Gasteiger partial charge in [0.15, 0.2) is 0 Å². The van der Waals surface area contributed by atoms with Gasteiger partial charge >= 0.3 is 0 Å². The van der Waals surface area contributed by atoms with Gasteiger partial charge < -0.3 is 9.80 Å². The quantitative estimate of drug-likeness (QED) is 0.521. The lowest BCUT2D eigenvalue weighted by Gasteiger charge is -2.38. The Balaban J connectivity index is 1.42. The van der Waals surface area contributed by atoms with Gasteiger partial charge in [-0.3, -0.25) is 9.59 Å². The summed E-state index contributed by atoms with van der Waals surface area (Å²) >= 11 is 0. The molecule has 1 heterocycles. The average Bonchev–Trinajstić information content (AvgIpc) is 2.88. The van der Waals surface area contributed by atoms with Gasteiger partial charge in [0.25, 0.3) is 11.8 Å². The Morgan fingerprint density at radius 2 is 1.34 bits per heavy atom. The van der Waals surface area contributed by atoms with Gasteiger partial charge in [0.1, 0.15) is 0 Å². The minimum atomic E-state index is 0.0777. The highest BCUT2D eigenvalue weighted by molar-refractivity contribution is 5.95. The third kappa shape index (κ3) is 4.91. The van der Waals surface area contributed by atoms with E-state index in [1.807, 2.05) is 82.6 Å². The Labute approximate surface area is 190 Å². The number of hydrogen-bond acceptors (Lipinski definition) is 2. The van der Waals surface area contributed by atoms with Crippen LogP contribution in [0.1, 0.15) is 46.9 Å². The van der Waals surface area contributed by atoms with Crippen LogP contribution in [0.25, 0.3) is 11.1 Å². The minimum Gasteiger partial charge on any atom is -0.338 e. The van der Waals surface area contributed by atoms with Crippen molar-refractivity contribution < 1.29 is 9.59 Å². The summed E-state index contributed by atoms with van der Waals surface area (Å²) in [5.41, 5.74) is 3.70. The maximum atomic E-state index is 13.4. The Bertz CT molecular complexity index is 1020. The van der Waals surface area contributed by atoms with E-state index in [2.05, 4.69) is 19.1 Å². The number of likely N-dealkylation sites (tertiary alicyclic amines) is 1. The number of carbonyl (C=O) groups excluding carboxylic acids is 2. The summed E-state index contributed by atoms with van der Waals surface area (Å²) in [6.45, 7) is 4.20. The molecule has 2 amide bonds. The first-order valence-corrected chi connectivity index (χ1v) is 11.5. The molecule has 0 aliphatic carbocycles. The third-order valence-electron chi connectivity index (χ3n) is 6.18. The van der Waals surface area contributed by atoms with Crippen LogP contribution in [0.15, 0.2) is 84.9 Å².